The number of hydrogen-bond acceptors (Lipinski definition) is 6. The molecule has 1 saturated carbocycles. The summed E-state index contributed by atoms with van der Waals surface area (Å²) >= 11 is 21.3. The lowest BCUT2D eigenvalue weighted by Gasteiger charge is -2.51. The smallest absolute Gasteiger partial charge is 0.253 e. The van der Waals surface area contributed by atoms with Gasteiger partial charge in [-0.05, 0) is 74.4 Å². The zero-order chi connectivity index (χ0) is 28.9. The number of nitrogens with zero attached hydrogens (tertiary/aromatic N) is 2. The van der Waals surface area contributed by atoms with Crippen LogP contribution >= 0.6 is 55.1 Å². The first kappa shape index (κ1) is 27.8. The second kappa shape index (κ2) is 9.31. The highest BCUT2D eigenvalue weighted by atomic mass is 79.9. The summed E-state index contributed by atoms with van der Waals surface area (Å²) in [7, 11) is 2.72. The third-order valence-corrected chi connectivity index (χ3v) is 12.3. The molecule has 6 unspecified atom stereocenters. The molecule has 2 heterocycles. The van der Waals surface area contributed by atoms with Gasteiger partial charge >= 0.3 is 0 Å². The lowest BCUT2D eigenvalue weighted by atomic mass is 9.56. The predicted octanol–water partition coefficient (Wildman–Crippen LogP) is 5.12. The molecule has 4 aliphatic rings. The fourth-order valence-electron chi connectivity index (χ4n) is 6.90. The number of hydrogen-bond donors (Lipinski definition) is 1. The SMILES string of the molecule is COc1cc(C2C3=CCC4C(=O)N(c5ccccc5)C(=O)C4C3CC3(Cl)C(=O)N(C)C(=O)C23Cl)c(Br)c(Br)c1O. The Hall–Kier alpha value is -2.40. The van der Waals surface area contributed by atoms with Gasteiger partial charge in [0.05, 0.1) is 29.1 Å². The van der Waals surface area contributed by atoms with Crippen molar-refractivity contribution >= 4 is 84.4 Å². The number of alkyl halides is 2. The van der Waals surface area contributed by atoms with Gasteiger partial charge in [-0.3, -0.25) is 29.0 Å². The van der Waals surface area contributed by atoms with E-state index < -0.39 is 45.2 Å². The molecule has 2 aliphatic carbocycles. The maximum atomic E-state index is 14.0. The number of aromatic hydroxyl groups is 1. The van der Waals surface area contributed by atoms with Crippen LogP contribution in [0.3, 0.4) is 0 Å². The van der Waals surface area contributed by atoms with E-state index in [0.29, 0.717) is 21.3 Å². The summed E-state index contributed by atoms with van der Waals surface area (Å²) in [6, 6.07) is 10.2. The molecule has 2 saturated heterocycles. The van der Waals surface area contributed by atoms with E-state index in [1.807, 2.05) is 6.08 Å². The van der Waals surface area contributed by atoms with Gasteiger partial charge in [0, 0.05) is 17.4 Å². The lowest BCUT2D eigenvalue weighted by Crippen LogP contribution is -2.60. The van der Waals surface area contributed by atoms with E-state index in [4.69, 9.17) is 27.9 Å². The Bertz CT molecular complexity index is 1550. The summed E-state index contributed by atoms with van der Waals surface area (Å²) in [5.41, 5.74) is 1.54. The zero-order valence-electron chi connectivity index (χ0n) is 21.2. The van der Waals surface area contributed by atoms with Gasteiger partial charge in [0.1, 0.15) is 0 Å². The van der Waals surface area contributed by atoms with Gasteiger partial charge in [0.15, 0.2) is 21.2 Å². The van der Waals surface area contributed by atoms with E-state index in [1.54, 1.807) is 36.4 Å². The van der Waals surface area contributed by atoms with Crippen molar-refractivity contribution in [1.82, 2.24) is 4.90 Å². The number of likely N-dealkylation sites (tertiary alicyclic amines) is 1. The number of imide groups is 2. The Kier molecular flexibility index (Phi) is 6.46. The molecule has 0 radical (unpaired) electrons. The molecule has 8 nitrogen and oxygen atoms in total. The molecule has 2 aliphatic heterocycles. The molecule has 0 bridgehead atoms. The molecule has 6 rings (SSSR count). The number of carbonyl (C=O) groups is 4. The van der Waals surface area contributed by atoms with E-state index in [-0.39, 0.29) is 40.6 Å². The number of phenolic OH excluding ortho intramolecular Hbond substituents is 1. The molecule has 0 aromatic heterocycles. The molecule has 3 fully saturated rings. The Labute approximate surface area is 256 Å². The summed E-state index contributed by atoms with van der Waals surface area (Å²) in [6.07, 6.45) is 1.99. The number of phenols is 1. The van der Waals surface area contributed by atoms with Gasteiger partial charge in [0.25, 0.3) is 11.8 Å². The predicted molar refractivity (Wildman–Crippen MR) is 154 cm³/mol. The fourth-order valence-corrected chi connectivity index (χ4v) is 8.87. The number of carbonyl (C=O) groups excluding carboxylic acids is 4. The van der Waals surface area contributed by atoms with E-state index in [0.717, 1.165) is 4.90 Å². The van der Waals surface area contributed by atoms with Crippen molar-refractivity contribution in [3.8, 4) is 11.5 Å². The number of halogens is 4. The van der Waals surface area contributed by atoms with Gasteiger partial charge in [-0.2, -0.15) is 0 Å². The Morgan fingerprint density at radius 2 is 1.68 bits per heavy atom. The Morgan fingerprint density at radius 1 is 1.00 bits per heavy atom. The standard InChI is InChI=1S/C28H22Br2Cl2N2O6/c1-33-25(38)27(31)11-16-13(8-9-14-18(16)24(37)34(23(14)36)12-6-4-3-5-7-12)19(28(27,32)26(33)39)15-10-17(40-2)22(35)21(30)20(15)29/h3-8,10,14,16,18-19,35H,9,11H2,1-2H3. The van der Waals surface area contributed by atoms with Crippen molar-refractivity contribution in [2.75, 3.05) is 19.1 Å². The van der Waals surface area contributed by atoms with Crippen LogP contribution in [0.15, 0.2) is 57.0 Å². The van der Waals surface area contributed by atoms with E-state index in [9.17, 15) is 24.3 Å². The van der Waals surface area contributed by atoms with Crippen LogP contribution in [0.25, 0.3) is 0 Å². The molecule has 2 aromatic carbocycles. The minimum absolute atomic E-state index is 0.105. The summed E-state index contributed by atoms with van der Waals surface area (Å²) in [5, 5.41) is 10.6. The van der Waals surface area contributed by atoms with Gasteiger partial charge in [-0.1, -0.05) is 29.8 Å². The second-order valence-corrected chi connectivity index (χ2v) is 13.3. The number of allylic oxidation sites excluding steroid dienone is 2. The maximum absolute atomic E-state index is 14.0. The Balaban J connectivity index is 1.57. The molecule has 12 heteroatoms. The van der Waals surface area contributed by atoms with E-state index in [1.165, 1.54) is 19.1 Å². The third-order valence-electron chi connectivity index (χ3n) is 8.73. The average molecular weight is 713 g/mol. The average Bonchev–Trinajstić information content (AvgIpc) is 3.28. The molecule has 208 valence electrons. The lowest BCUT2D eigenvalue weighted by molar-refractivity contribution is -0.138. The highest BCUT2D eigenvalue weighted by Crippen LogP contribution is 2.66. The number of ether oxygens (including phenoxy) is 1. The first-order valence-electron chi connectivity index (χ1n) is 12.5. The third kappa shape index (κ3) is 3.36. The highest BCUT2D eigenvalue weighted by Gasteiger charge is 2.76. The van der Waals surface area contributed by atoms with Crippen LogP contribution in [0.1, 0.15) is 24.3 Å². The van der Waals surface area contributed by atoms with Crippen molar-refractivity contribution in [2.24, 2.45) is 17.8 Å². The first-order chi connectivity index (χ1) is 18.9. The maximum Gasteiger partial charge on any atom is 0.253 e. The van der Waals surface area contributed by atoms with Gasteiger partial charge in [-0.15, -0.1) is 23.2 Å². The van der Waals surface area contributed by atoms with Crippen molar-refractivity contribution in [3.05, 3.63) is 62.6 Å². The molecule has 40 heavy (non-hydrogen) atoms. The largest absolute Gasteiger partial charge is 0.503 e. The number of anilines is 1. The molecule has 2 aromatic rings. The number of fused-ring (bicyclic) bond motifs is 4. The van der Waals surface area contributed by atoms with Gasteiger partial charge < -0.3 is 9.84 Å². The molecule has 0 spiro atoms. The molecular weight excluding hydrogens is 691 g/mol. The monoisotopic (exact) mass is 710 g/mol. The molecule has 6 atom stereocenters. The first-order valence-corrected chi connectivity index (χ1v) is 14.8. The minimum atomic E-state index is -1.95. The second-order valence-electron chi connectivity index (χ2n) is 10.5. The normalized spacial score (nSPS) is 33.1. The van der Waals surface area contributed by atoms with Crippen LogP contribution < -0.4 is 9.64 Å². The quantitative estimate of drug-likeness (QED) is 0.269. The van der Waals surface area contributed by atoms with Crippen LogP contribution in [0.5, 0.6) is 11.5 Å². The van der Waals surface area contributed by atoms with Gasteiger partial charge in [0.2, 0.25) is 11.8 Å². The molecule has 4 amide bonds. The molecular formula is C28H22Br2Cl2N2O6. The summed E-state index contributed by atoms with van der Waals surface area (Å²) in [6.45, 7) is 0. The van der Waals surface area contributed by atoms with Crippen LogP contribution in [-0.4, -0.2) is 57.5 Å². The van der Waals surface area contributed by atoms with E-state index >= 15 is 0 Å². The van der Waals surface area contributed by atoms with Crippen molar-refractivity contribution in [2.45, 2.75) is 28.5 Å². The number of methoxy groups -OCH3 is 1. The number of benzene rings is 2. The number of amides is 4. The Morgan fingerprint density at radius 3 is 2.33 bits per heavy atom. The van der Waals surface area contributed by atoms with E-state index in [2.05, 4.69) is 31.9 Å². The summed E-state index contributed by atoms with van der Waals surface area (Å²) in [5.74, 6) is -5.23. The fraction of sp³-hybridized carbons (Fsp3) is 0.357. The number of para-hydroxylation sites is 1. The summed E-state index contributed by atoms with van der Waals surface area (Å²) < 4.78 is 6.02. The zero-order valence-corrected chi connectivity index (χ0v) is 25.8. The van der Waals surface area contributed by atoms with Crippen molar-refractivity contribution in [1.29, 1.82) is 0 Å². The summed E-state index contributed by atoms with van der Waals surface area (Å²) in [4.78, 5) is 53.2. The molecule has 1 N–H and O–H groups in total. The van der Waals surface area contributed by atoms with Crippen molar-refractivity contribution < 1.29 is 29.0 Å². The van der Waals surface area contributed by atoms with Crippen LogP contribution in [0, 0.1) is 17.8 Å². The topological polar surface area (TPSA) is 104 Å². The van der Waals surface area contributed by atoms with Crippen LogP contribution in [0.4, 0.5) is 5.69 Å². The van der Waals surface area contributed by atoms with Gasteiger partial charge in [-0.25, -0.2) is 0 Å². The van der Waals surface area contributed by atoms with Crippen molar-refractivity contribution in [3.63, 3.8) is 0 Å². The van der Waals surface area contributed by atoms with Crippen LogP contribution in [0.2, 0.25) is 0 Å². The number of rotatable bonds is 3. The minimum Gasteiger partial charge on any atom is -0.503 e. The highest BCUT2D eigenvalue weighted by molar-refractivity contribution is 9.13. The van der Waals surface area contributed by atoms with Crippen LogP contribution in [-0.2, 0) is 19.2 Å².